The third-order valence-corrected chi connectivity index (χ3v) is 15.1. The lowest BCUT2D eigenvalue weighted by Gasteiger charge is -2.49. The summed E-state index contributed by atoms with van der Waals surface area (Å²) in [5, 5.41) is 8.70. The Kier molecular flexibility index (Phi) is 7.03. The molecule has 4 aliphatic rings. The summed E-state index contributed by atoms with van der Waals surface area (Å²) in [6, 6.07) is 4.17. The van der Waals surface area contributed by atoms with Crippen LogP contribution in [0.5, 0.6) is 0 Å². The summed E-state index contributed by atoms with van der Waals surface area (Å²) < 4.78 is 131. The Morgan fingerprint density at radius 2 is 1.74 bits per heavy atom. The Morgan fingerprint density at radius 3 is 2.28 bits per heavy atom. The maximum absolute atomic E-state index is 14.1. The number of ether oxygens (including phenoxy) is 2. The average Bonchev–Trinajstić information content (AvgIpc) is 3.39. The summed E-state index contributed by atoms with van der Waals surface area (Å²) >= 11 is 0. The van der Waals surface area contributed by atoms with Gasteiger partial charge in [0.05, 0.1) is 35.6 Å². The molecule has 1 aromatic rings. The molecule has 0 aromatic heterocycles. The molecule has 0 N–H and O–H groups in total. The van der Waals surface area contributed by atoms with E-state index in [1.807, 2.05) is 20.8 Å². The van der Waals surface area contributed by atoms with Crippen LogP contribution >= 0.6 is 0 Å². The molecule has 0 unspecified atom stereocenters. The number of rotatable bonds is 5. The summed E-state index contributed by atoms with van der Waals surface area (Å²) in [7, 11) is -9.07. The number of hydrogen-bond donors (Lipinski definition) is 0. The van der Waals surface area contributed by atoms with Gasteiger partial charge in [0, 0.05) is 12.1 Å². The minimum absolute atomic E-state index is 0.169. The molecule has 0 saturated carbocycles. The number of halogens is 6. The van der Waals surface area contributed by atoms with E-state index in [0.717, 1.165) is 17.0 Å². The van der Waals surface area contributed by atoms with E-state index in [1.54, 1.807) is 13.1 Å². The topological polar surface area (TPSA) is 115 Å². The highest BCUT2D eigenvalue weighted by Gasteiger charge is 2.83. The molecule has 0 radical (unpaired) electrons. The number of nitrogens with zero attached hydrogens (tertiary/aromatic N) is 2. The fourth-order valence-electron chi connectivity index (χ4n) is 6.62. The van der Waals surface area contributed by atoms with E-state index in [2.05, 4.69) is 0 Å². The minimum Gasteiger partial charge on any atom is -0.408 e. The van der Waals surface area contributed by atoms with E-state index in [-0.39, 0.29) is 18.7 Å². The minimum atomic E-state index is -6.17. The SMILES string of the molecule is CC(C)(C)[Si](C)(C)O[C@@H]1[C@H](OS(=O)(=O)C(F)(F)F)[C@@]23CCO[C@H]4[C@@H]2[C@H](C(=O)N4c2ccc(C#N)c(C(F)(F)F)c2)[C@]1(C)O3. The molecule has 9 nitrogen and oxygen atoms in total. The molecule has 43 heavy (non-hydrogen) atoms. The van der Waals surface area contributed by atoms with Crippen molar-refractivity contribution in [3.63, 3.8) is 0 Å². The number of fused-ring (bicyclic) bond motifs is 2. The van der Waals surface area contributed by atoms with Crippen LogP contribution in [-0.2, 0) is 39.2 Å². The second kappa shape index (κ2) is 9.39. The summed E-state index contributed by atoms with van der Waals surface area (Å²) in [4.78, 5) is 15.1. The first kappa shape index (κ1) is 32.2. The third-order valence-electron chi connectivity index (χ3n) is 9.57. The van der Waals surface area contributed by atoms with Gasteiger partial charge in [-0.15, -0.1) is 0 Å². The van der Waals surface area contributed by atoms with Gasteiger partial charge in [-0.2, -0.15) is 40.0 Å². The first-order chi connectivity index (χ1) is 19.4. The molecule has 4 fully saturated rings. The van der Waals surface area contributed by atoms with Crippen LogP contribution in [0.1, 0.15) is 45.2 Å². The Labute approximate surface area is 245 Å². The average molecular weight is 657 g/mol. The highest BCUT2D eigenvalue weighted by molar-refractivity contribution is 7.87. The van der Waals surface area contributed by atoms with Gasteiger partial charge in [0.25, 0.3) is 0 Å². The van der Waals surface area contributed by atoms with Crippen molar-refractivity contribution >= 4 is 30.0 Å². The lowest BCUT2D eigenvalue weighted by molar-refractivity contribution is -0.162. The second-order valence-electron chi connectivity index (χ2n) is 13.0. The van der Waals surface area contributed by atoms with E-state index in [1.165, 1.54) is 13.0 Å². The molecule has 7 atom stereocenters. The normalized spacial score (nSPS) is 34.4. The van der Waals surface area contributed by atoms with Crippen molar-refractivity contribution in [3.8, 4) is 6.07 Å². The Balaban J connectivity index is 1.66. The number of carbonyl (C=O) groups is 1. The predicted molar refractivity (Wildman–Crippen MR) is 139 cm³/mol. The van der Waals surface area contributed by atoms with Gasteiger partial charge >= 0.3 is 21.8 Å². The zero-order valence-electron chi connectivity index (χ0n) is 24.0. The number of nitriles is 1. The Bertz CT molecular complexity index is 1500. The molecule has 238 valence electrons. The maximum Gasteiger partial charge on any atom is 0.523 e. The number of hydrogen-bond acceptors (Lipinski definition) is 8. The molecule has 5 rings (SSSR count). The number of benzene rings is 1. The summed E-state index contributed by atoms with van der Waals surface area (Å²) in [5.41, 5.74) is -11.5. The molecule has 4 aliphatic heterocycles. The van der Waals surface area contributed by atoms with Gasteiger partial charge in [-0.3, -0.25) is 13.9 Å². The van der Waals surface area contributed by atoms with Crippen molar-refractivity contribution in [1.82, 2.24) is 0 Å². The smallest absolute Gasteiger partial charge is 0.408 e. The largest absolute Gasteiger partial charge is 0.523 e. The van der Waals surface area contributed by atoms with E-state index >= 15 is 0 Å². The third kappa shape index (κ3) is 4.54. The highest BCUT2D eigenvalue weighted by atomic mass is 32.2. The van der Waals surface area contributed by atoms with Crippen LogP contribution in [-0.4, -0.2) is 64.4 Å². The van der Waals surface area contributed by atoms with Gasteiger partial charge in [0.2, 0.25) is 5.91 Å². The quantitative estimate of drug-likeness (QED) is 0.187. The van der Waals surface area contributed by atoms with Gasteiger partial charge < -0.3 is 13.9 Å². The van der Waals surface area contributed by atoms with Crippen molar-refractivity contribution in [1.29, 1.82) is 5.26 Å². The van der Waals surface area contributed by atoms with Crippen molar-refractivity contribution < 1.29 is 57.6 Å². The number of anilines is 1. The maximum atomic E-state index is 14.1. The lowest BCUT2D eigenvalue weighted by atomic mass is 9.63. The molecular weight excluding hydrogens is 626 g/mol. The van der Waals surface area contributed by atoms with Gasteiger partial charge in [-0.25, -0.2) is 0 Å². The zero-order valence-corrected chi connectivity index (χ0v) is 25.8. The Morgan fingerprint density at radius 1 is 1.12 bits per heavy atom. The van der Waals surface area contributed by atoms with Gasteiger partial charge in [-0.1, -0.05) is 20.8 Å². The molecular formula is C26H30F6N2O7SSi. The zero-order chi connectivity index (χ0) is 32.3. The monoisotopic (exact) mass is 656 g/mol. The molecule has 0 aliphatic carbocycles. The van der Waals surface area contributed by atoms with Crippen molar-refractivity contribution in [2.45, 2.75) is 93.6 Å². The molecule has 17 heteroatoms. The van der Waals surface area contributed by atoms with E-state index in [9.17, 15) is 44.8 Å². The molecule has 4 heterocycles. The van der Waals surface area contributed by atoms with Crippen LogP contribution in [0.15, 0.2) is 18.2 Å². The van der Waals surface area contributed by atoms with Gasteiger partial charge in [-0.05, 0) is 43.3 Å². The van der Waals surface area contributed by atoms with Gasteiger partial charge in [0.1, 0.15) is 29.6 Å². The first-order valence-electron chi connectivity index (χ1n) is 13.4. The van der Waals surface area contributed by atoms with E-state index in [4.69, 9.17) is 18.1 Å². The fourth-order valence-corrected chi connectivity index (χ4v) is 8.61. The van der Waals surface area contributed by atoms with Crippen LogP contribution in [0.3, 0.4) is 0 Å². The predicted octanol–water partition coefficient (Wildman–Crippen LogP) is 5.07. The standard InChI is InChI=1S/C26H30F6N2O7SSi/c1-22(2,3)43(5,6)40-18-19(39-42(36,37)26(30,31)32)24-9-10-38-21-17(24)16(23(18,4)41-24)20(35)34(21)14-8-7-13(12-33)15(11-14)25(27,28)29/h7-8,11,16-19,21H,9-10H2,1-6H3/t16-,17+,18-,19+,21+,23+,24-/m1/s1. The van der Waals surface area contributed by atoms with Gasteiger partial charge in [0.15, 0.2) is 8.32 Å². The van der Waals surface area contributed by atoms with Crippen molar-refractivity contribution in [3.05, 3.63) is 29.3 Å². The van der Waals surface area contributed by atoms with E-state index in [0.29, 0.717) is 6.07 Å². The van der Waals surface area contributed by atoms with Crippen LogP contribution in [0, 0.1) is 23.2 Å². The number of carbonyl (C=O) groups excluding carboxylic acids is 1. The number of alkyl halides is 6. The second-order valence-corrected chi connectivity index (χ2v) is 19.3. The van der Waals surface area contributed by atoms with E-state index < -0.39 is 93.7 Å². The lowest BCUT2D eigenvalue weighted by Crippen LogP contribution is -2.65. The molecule has 1 spiro atoms. The summed E-state index contributed by atoms with van der Waals surface area (Å²) in [5.74, 6) is -3.04. The van der Waals surface area contributed by atoms with Crippen molar-refractivity contribution in [2.75, 3.05) is 11.5 Å². The highest BCUT2D eigenvalue weighted by Crippen LogP contribution is 2.67. The summed E-state index contributed by atoms with van der Waals surface area (Å²) in [6.45, 7) is 10.3. The fraction of sp³-hybridized carbons (Fsp3) is 0.692. The molecule has 2 bridgehead atoms. The summed E-state index contributed by atoms with van der Waals surface area (Å²) in [6.07, 6.45) is -9.73. The molecule has 1 aromatic carbocycles. The Hall–Kier alpha value is -2.23. The van der Waals surface area contributed by atoms with Crippen LogP contribution in [0.4, 0.5) is 32.0 Å². The van der Waals surface area contributed by atoms with Crippen LogP contribution in [0.25, 0.3) is 0 Å². The molecule has 1 amide bonds. The first-order valence-corrected chi connectivity index (χ1v) is 17.7. The van der Waals surface area contributed by atoms with Crippen molar-refractivity contribution in [2.24, 2.45) is 11.8 Å². The van der Waals surface area contributed by atoms with Crippen LogP contribution < -0.4 is 4.90 Å². The number of amides is 1. The molecule has 4 saturated heterocycles. The van der Waals surface area contributed by atoms with Crippen LogP contribution in [0.2, 0.25) is 18.1 Å².